The summed E-state index contributed by atoms with van der Waals surface area (Å²) in [6.45, 7) is 6.37. The molecule has 2 aliphatic rings. The summed E-state index contributed by atoms with van der Waals surface area (Å²) in [4.78, 5) is 0. The number of fused-ring (bicyclic) bond motifs is 6. The van der Waals surface area contributed by atoms with Gasteiger partial charge in [-0.25, -0.2) is 0 Å². The Morgan fingerprint density at radius 1 is 0.730 bits per heavy atom. The summed E-state index contributed by atoms with van der Waals surface area (Å²) in [6.07, 6.45) is 1.55. The van der Waals surface area contributed by atoms with Crippen molar-refractivity contribution in [2.75, 3.05) is 26.4 Å². The van der Waals surface area contributed by atoms with Crippen LogP contribution in [0.4, 0.5) is 0 Å². The summed E-state index contributed by atoms with van der Waals surface area (Å²) in [5.74, 6) is 0.951. The Morgan fingerprint density at radius 3 is 1.57 bits per heavy atom. The number of unbranched alkanes of at least 4 members (excludes halogenated alkanes) is 2. The van der Waals surface area contributed by atoms with E-state index in [1.54, 1.807) is 24.3 Å². The lowest BCUT2D eigenvalue weighted by molar-refractivity contribution is -0.228. The van der Waals surface area contributed by atoms with Gasteiger partial charge in [-0.15, -0.1) is 0 Å². The van der Waals surface area contributed by atoms with Gasteiger partial charge >= 0.3 is 0 Å². The van der Waals surface area contributed by atoms with Crippen molar-refractivity contribution in [3.63, 3.8) is 0 Å². The third-order valence-electron chi connectivity index (χ3n) is 6.50. The van der Waals surface area contributed by atoms with Crippen LogP contribution in [0.5, 0.6) is 11.5 Å². The summed E-state index contributed by atoms with van der Waals surface area (Å²) in [5.41, 5.74) is 2.26. The molecule has 204 valence electrons. The summed E-state index contributed by atoms with van der Waals surface area (Å²) >= 11 is 12.8. The number of halogens is 2. The number of rotatable bonds is 14. The van der Waals surface area contributed by atoms with Crippen LogP contribution < -0.4 is 9.47 Å². The number of benzene rings is 2. The number of aliphatic hydroxyl groups is 2. The predicted octanol–water partition coefficient (Wildman–Crippen LogP) is 6.97. The van der Waals surface area contributed by atoms with E-state index >= 15 is 0 Å². The number of aliphatic hydroxyl groups excluding tert-OH is 2. The molecule has 37 heavy (non-hydrogen) atoms. The largest absolute Gasteiger partial charge is 0.459 e. The molecule has 4 rings (SSSR count). The van der Waals surface area contributed by atoms with Crippen LogP contribution in [0.3, 0.4) is 0 Å². The van der Waals surface area contributed by atoms with Gasteiger partial charge in [0, 0.05) is 60.4 Å². The van der Waals surface area contributed by atoms with Crippen LogP contribution in [0, 0.1) is 0 Å². The highest BCUT2D eigenvalue weighted by atomic mass is 35.5. The van der Waals surface area contributed by atoms with Crippen LogP contribution in [0.15, 0.2) is 24.3 Å². The summed E-state index contributed by atoms with van der Waals surface area (Å²) < 4.78 is 29.8. The highest BCUT2D eigenvalue weighted by Crippen LogP contribution is 2.52. The molecular formula is C28H36Cl2O7. The average Bonchev–Trinajstić information content (AvgIpc) is 2.88. The molecule has 2 aromatic carbocycles. The fourth-order valence-corrected chi connectivity index (χ4v) is 4.91. The maximum Gasteiger partial charge on any atom is 0.234 e. The van der Waals surface area contributed by atoms with Crippen molar-refractivity contribution in [2.45, 2.75) is 77.2 Å². The molecule has 0 aliphatic carbocycles. The average molecular weight is 555 g/mol. The molecule has 0 spiro atoms. The Balaban J connectivity index is 1.55. The van der Waals surface area contributed by atoms with Crippen LogP contribution in [-0.2, 0) is 14.2 Å². The van der Waals surface area contributed by atoms with E-state index in [9.17, 15) is 10.2 Å². The lowest BCUT2D eigenvalue weighted by atomic mass is 9.97. The van der Waals surface area contributed by atoms with Crippen LogP contribution >= 0.6 is 23.2 Å². The van der Waals surface area contributed by atoms with Crippen molar-refractivity contribution in [3.8, 4) is 11.5 Å². The zero-order valence-electron chi connectivity index (χ0n) is 21.4. The van der Waals surface area contributed by atoms with Crippen LogP contribution in [0.1, 0.15) is 99.4 Å². The minimum absolute atomic E-state index is 0.399. The Morgan fingerprint density at radius 2 is 1.16 bits per heavy atom. The van der Waals surface area contributed by atoms with Gasteiger partial charge in [0.25, 0.3) is 0 Å². The molecule has 2 bridgehead atoms. The van der Waals surface area contributed by atoms with Gasteiger partial charge in [0.05, 0.1) is 23.3 Å². The topological polar surface area (TPSA) is 86.6 Å². The van der Waals surface area contributed by atoms with Gasteiger partial charge in [-0.3, -0.25) is 4.74 Å². The first-order valence-electron chi connectivity index (χ1n) is 13.1. The molecule has 2 N–H and O–H groups in total. The zero-order chi connectivity index (χ0) is 26.4. The molecule has 0 radical (unpaired) electrons. The Bertz CT molecular complexity index is 966. The van der Waals surface area contributed by atoms with Crippen molar-refractivity contribution in [2.24, 2.45) is 0 Å². The molecule has 4 atom stereocenters. The maximum absolute atomic E-state index is 10.9. The predicted molar refractivity (Wildman–Crippen MR) is 141 cm³/mol. The van der Waals surface area contributed by atoms with Gasteiger partial charge in [0.2, 0.25) is 12.6 Å². The molecule has 2 heterocycles. The fraction of sp³-hybridized carbons (Fsp3) is 0.571. The summed E-state index contributed by atoms with van der Waals surface area (Å²) in [7, 11) is 0. The van der Waals surface area contributed by atoms with Crippen molar-refractivity contribution in [3.05, 3.63) is 56.6 Å². The zero-order valence-corrected chi connectivity index (χ0v) is 22.9. The van der Waals surface area contributed by atoms with Crippen LogP contribution in [0.25, 0.3) is 0 Å². The summed E-state index contributed by atoms with van der Waals surface area (Å²) in [6, 6.07) is 6.82. The van der Waals surface area contributed by atoms with Gasteiger partial charge in [-0.05, 0) is 37.1 Å². The second kappa shape index (κ2) is 13.5. The van der Waals surface area contributed by atoms with Gasteiger partial charge in [0.15, 0.2) is 0 Å². The molecule has 4 unspecified atom stereocenters. The van der Waals surface area contributed by atoms with Gasteiger partial charge in [-0.1, -0.05) is 49.9 Å². The van der Waals surface area contributed by atoms with E-state index in [0.29, 0.717) is 83.1 Å². The first-order valence-corrected chi connectivity index (χ1v) is 13.9. The number of ether oxygens (including phenoxy) is 5. The van der Waals surface area contributed by atoms with Gasteiger partial charge in [0.1, 0.15) is 11.5 Å². The van der Waals surface area contributed by atoms with E-state index in [2.05, 4.69) is 13.8 Å². The quantitative estimate of drug-likeness (QED) is 0.244. The SMILES string of the molecule is CCCCOCCC(O)c1cc(Cl)cc2c1OC1OC2Oc2c(C(O)CCOCCCC)cc(Cl)cc21. The van der Waals surface area contributed by atoms with Crippen molar-refractivity contribution >= 4 is 23.2 Å². The Hall–Kier alpha value is -1.58. The normalized spacial score (nSPS) is 19.4. The second-order valence-electron chi connectivity index (χ2n) is 9.40. The lowest BCUT2D eigenvalue weighted by Crippen LogP contribution is -2.32. The monoisotopic (exact) mass is 554 g/mol. The molecular weight excluding hydrogens is 519 g/mol. The van der Waals surface area contributed by atoms with E-state index in [-0.39, 0.29) is 0 Å². The van der Waals surface area contributed by atoms with Crippen molar-refractivity contribution in [1.29, 1.82) is 0 Å². The number of hydrogen-bond acceptors (Lipinski definition) is 7. The lowest BCUT2D eigenvalue weighted by Gasteiger charge is -2.40. The second-order valence-corrected chi connectivity index (χ2v) is 10.3. The molecule has 0 saturated heterocycles. The van der Waals surface area contributed by atoms with Crippen molar-refractivity contribution < 1.29 is 33.9 Å². The third kappa shape index (κ3) is 6.90. The van der Waals surface area contributed by atoms with Gasteiger partial charge in [-0.2, -0.15) is 0 Å². The fourth-order valence-electron chi connectivity index (χ4n) is 4.44. The van der Waals surface area contributed by atoms with E-state index in [0.717, 1.165) is 25.7 Å². The van der Waals surface area contributed by atoms with E-state index in [1.807, 2.05) is 0 Å². The first-order chi connectivity index (χ1) is 17.9. The Labute approximate surface area is 228 Å². The number of hydrogen-bond donors (Lipinski definition) is 2. The molecule has 2 aliphatic heterocycles. The first kappa shape index (κ1) is 28.4. The molecule has 0 saturated carbocycles. The standard InChI is InChI=1S/C28H36Cl2O7/c1-3-5-9-33-11-7-23(31)19-13-17(29)15-21-25(19)35-28-22-16-18(30)14-20(26(22)36-27(21)37-28)24(32)8-12-34-10-6-4-2/h13-16,23-24,27-28,31-32H,3-12H2,1-2H3. The van der Waals surface area contributed by atoms with Crippen LogP contribution in [-0.4, -0.2) is 36.6 Å². The van der Waals surface area contributed by atoms with Gasteiger partial charge < -0.3 is 29.2 Å². The van der Waals surface area contributed by atoms with E-state index in [4.69, 9.17) is 46.9 Å². The molecule has 0 aromatic heterocycles. The van der Waals surface area contributed by atoms with E-state index < -0.39 is 24.8 Å². The van der Waals surface area contributed by atoms with Crippen molar-refractivity contribution in [1.82, 2.24) is 0 Å². The minimum atomic E-state index is -0.836. The smallest absolute Gasteiger partial charge is 0.234 e. The third-order valence-corrected chi connectivity index (χ3v) is 6.94. The molecule has 0 fully saturated rings. The molecule has 7 nitrogen and oxygen atoms in total. The van der Waals surface area contributed by atoms with E-state index in [1.165, 1.54) is 0 Å². The molecule has 2 aromatic rings. The molecule has 0 amide bonds. The van der Waals surface area contributed by atoms with Crippen LogP contribution in [0.2, 0.25) is 10.0 Å². The summed E-state index contributed by atoms with van der Waals surface area (Å²) in [5, 5.41) is 22.8. The molecule has 9 heteroatoms. The maximum atomic E-state index is 10.9. The minimum Gasteiger partial charge on any atom is -0.459 e. The Kier molecular flexibility index (Phi) is 10.4. The highest BCUT2D eigenvalue weighted by molar-refractivity contribution is 6.31. The highest BCUT2D eigenvalue weighted by Gasteiger charge is 2.41.